The number of anilines is 2. The molecule has 22 heavy (non-hydrogen) atoms. The van der Waals surface area contributed by atoms with Crippen molar-refractivity contribution in [3.63, 3.8) is 0 Å². The smallest absolute Gasteiger partial charge is 0.243 e. The number of rotatable bonds is 4. The van der Waals surface area contributed by atoms with Gasteiger partial charge in [-0.05, 0) is 41.3 Å². The minimum absolute atomic E-state index is 0.0109. The molecule has 1 amide bonds. The van der Waals surface area contributed by atoms with Crippen LogP contribution in [0.25, 0.3) is 0 Å². The van der Waals surface area contributed by atoms with Gasteiger partial charge in [-0.15, -0.1) is 0 Å². The van der Waals surface area contributed by atoms with Crippen LogP contribution >= 0.6 is 15.9 Å². The Morgan fingerprint density at radius 1 is 1.05 bits per heavy atom. The van der Waals surface area contributed by atoms with E-state index in [-0.39, 0.29) is 17.9 Å². The predicted molar refractivity (Wildman–Crippen MR) is 96.4 cm³/mol. The zero-order valence-corrected chi connectivity index (χ0v) is 14.7. The molecule has 0 aliphatic heterocycles. The third kappa shape index (κ3) is 4.60. The number of nitrogens with one attached hydrogen (secondary N) is 2. The van der Waals surface area contributed by atoms with Crippen molar-refractivity contribution in [3.05, 3.63) is 58.6 Å². The van der Waals surface area contributed by atoms with Gasteiger partial charge < -0.3 is 10.6 Å². The molecule has 0 aromatic heterocycles. The third-order valence-corrected chi connectivity index (χ3v) is 3.84. The molecule has 0 aliphatic carbocycles. The summed E-state index contributed by atoms with van der Waals surface area (Å²) < 4.78 is 1.02. The summed E-state index contributed by atoms with van der Waals surface area (Å²) in [6.07, 6.45) is 0. The Kier molecular flexibility index (Phi) is 5.24. The number of para-hydroxylation sites is 1. The van der Waals surface area contributed by atoms with Gasteiger partial charge in [0, 0.05) is 15.8 Å². The molecule has 2 aromatic carbocycles. The zero-order chi connectivity index (χ0) is 16.2. The SMILES string of the molecule is CC(C)(C)c1ccccc1NC(=O)CNc1ccc(Br)cc1. The maximum absolute atomic E-state index is 12.1. The van der Waals surface area contributed by atoms with Crippen LogP contribution in [0.2, 0.25) is 0 Å². The van der Waals surface area contributed by atoms with Gasteiger partial charge in [0.25, 0.3) is 0 Å². The van der Waals surface area contributed by atoms with Crippen LogP contribution in [0.1, 0.15) is 26.3 Å². The van der Waals surface area contributed by atoms with E-state index in [1.807, 2.05) is 42.5 Å². The second-order valence-electron chi connectivity index (χ2n) is 6.20. The Balaban J connectivity index is 1.99. The lowest BCUT2D eigenvalue weighted by atomic mass is 9.86. The highest BCUT2D eigenvalue weighted by molar-refractivity contribution is 9.10. The van der Waals surface area contributed by atoms with Crippen molar-refractivity contribution in [2.24, 2.45) is 0 Å². The van der Waals surface area contributed by atoms with E-state index in [4.69, 9.17) is 0 Å². The molecule has 0 fully saturated rings. The number of hydrogen-bond donors (Lipinski definition) is 2. The first-order chi connectivity index (χ1) is 10.4. The van der Waals surface area contributed by atoms with Gasteiger partial charge in [-0.2, -0.15) is 0 Å². The van der Waals surface area contributed by atoms with E-state index in [1.165, 1.54) is 0 Å². The molecule has 2 rings (SSSR count). The Bertz CT molecular complexity index is 645. The minimum atomic E-state index is -0.0559. The second-order valence-corrected chi connectivity index (χ2v) is 7.12. The van der Waals surface area contributed by atoms with E-state index < -0.39 is 0 Å². The van der Waals surface area contributed by atoms with Crippen LogP contribution in [0.3, 0.4) is 0 Å². The number of hydrogen-bond acceptors (Lipinski definition) is 2. The van der Waals surface area contributed by atoms with Gasteiger partial charge in [0.15, 0.2) is 0 Å². The highest BCUT2D eigenvalue weighted by atomic mass is 79.9. The van der Waals surface area contributed by atoms with Gasteiger partial charge in [0.2, 0.25) is 5.91 Å². The van der Waals surface area contributed by atoms with Crippen LogP contribution < -0.4 is 10.6 Å². The molecule has 0 saturated heterocycles. The molecule has 0 radical (unpaired) electrons. The lowest BCUT2D eigenvalue weighted by Gasteiger charge is -2.23. The first kappa shape index (κ1) is 16.6. The predicted octanol–water partition coefficient (Wildman–Crippen LogP) is 4.80. The van der Waals surface area contributed by atoms with Crippen molar-refractivity contribution >= 4 is 33.2 Å². The Morgan fingerprint density at radius 3 is 2.32 bits per heavy atom. The average molecular weight is 361 g/mol. The minimum Gasteiger partial charge on any atom is -0.376 e. The lowest BCUT2D eigenvalue weighted by Crippen LogP contribution is -2.24. The molecule has 3 nitrogen and oxygen atoms in total. The molecule has 0 bridgehead atoms. The zero-order valence-electron chi connectivity index (χ0n) is 13.1. The molecule has 0 saturated carbocycles. The van der Waals surface area contributed by atoms with Gasteiger partial charge in [0.05, 0.1) is 6.54 Å². The first-order valence-electron chi connectivity index (χ1n) is 7.25. The largest absolute Gasteiger partial charge is 0.376 e. The molecular weight excluding hydrogens is 340 g/mol. The van der Waals surface area contributed by atoms with Crippen LogP contribution in [-0.4, -0.2) is 12.5 Å². The summed E-state index contributed by atoms with van der Waals surface area (Å²) in [6.45, 7) is 6.65. The van der Waals surface area contributed by atoms with Gasteiger partial charge in [-0.1, -0.05) is 54.9 Å². The molecular formula is C18H21BrN2O. The number of carbonyl (C=O) groups excluding carboxylic acids is 1. The fraction of sp³-hybridized carbons (Fsp3) is 0.278. The summed E-state index contributed by atoms with van der Waals surface area (Å²) in [4.78, 5) is 12.1. The van der Waals surface area contributed by atoms with Crippen LogP contribution in [0.15, 0.2) is 53.0 Å². The van der Waals surface area contributed by atoms with Crippen molar-refractivity contribution in [2.45, 2.75) is 26.2 Å². The van der Waals surface area contributed by atoms with Crippen LogP contribution in [-0.2, 0) is 10.2 Å². The van der Waals surface area contributed by atoms with E-state index in [0.717, 1.165) is 21.4 Å². The van der Waals surface area contributed by atoms with E-state index in [9.17, 15) is 4.79 Å². The fourth-order valence-electron chi connectivity index (χ4n) is 2.19. The summed E-state index contributed by atoms with van der Waals surface area (Å²) in [6, 6.07) is 15.7. The lowest BCUT2D eigenvalue weighted by molar-refractivity contribution is -0.114. The maximum atomic E-state index is 12.1. The first-order valence-corrected chi connectivity index (χ1v) is 8.04. The molecule has 0 spiro atoms. The van der Waals surface area contributed by atoms with Crippen molar-refractivity contribution in [3.8, 4) is 0 Å². The van der Waals surface area contributed by atoms with E-state index in [0.29, 0.717) is 0 Å². The summed E-state index contributed by atoms with van der Waals surface area (Å²) in [5.41, 5.74) is 2.91. The fourth-order valence-corrected chi connectivity index (χ4v) is 2.45. The molecule has 116 valence electrons. The van der Waals surface area contributed by atoms with Crippen molar-refractivity contribution in [1.29, 1.82) is 0 Å². The van der Waals surface area contributed by atoms with Gasteiger partial charge in [0.1, 0.15) is 0 Å². The normalized spacial score (nSPS) is 11.1. The Hall–Kier alpha value is -1.81. The standard InChI is InChI=1S/C18H21BrN2O/c1-18(2,3)15-6-4-5-7-16(15)21-17(22)12-20-14-10-8-13(19)9-11-14/h4-11,20H,12H2,1-3H3,(H,21,22). The van der Waals surface area contributed by atoms with Crippen LogP contribution in [0.5, 0.6) is 0 Å². The molecule has 4 heteroatoms. The van der Waals surface area contributed by atoms with Crippen molar-refractivity contribution in [1.82, 2.24) is 0 Å². The van der Waals surface area contributed by atoms with Crippen LogP contribution in [0, 0.1) is 0 Å². The van der Waals surface area contributed by atoms with Crippen molar-refractivity contribution < 1.29 is 4.79 Å². The summed E-state index contributed by atoms with van der Waals surface area (Å²) >= 11 is 3.39. The van der Waals surface area contributed by atoms with E-state index >= 15 is 0 Å². The molecule has 0 aliphatic rings. The number of carbonyl (C=O) groups is 1. The highest BCUT2D eigenvalue weighted by Crippen LogP contribution is 2.29. The highest BCUT2D eigenvalue weighted by Gasteiger charge is 2.18. The van der Waals surface area contributed by atoms with E-state index in [1.54, 1.807) is 0 Å². The number of halogens is 1. The molecule has 2 aromatic rings. The maximum Gasteiger partial charge on any atom is 0.243 e. The second kappa shape index (κ2) is 6.97. The van der Waals surface area contributed by atoms with Crippen LogP contribution in [0.4, 0.5) is 11.4 Å². The van der Waals surface area contributed by atoms with Crippen molar-refractivity contribution in [2.75, 3.05) is 17.2 Å². The average Bonchev–Trinajstić information content (AvgIpc) is 2.46. The Labute approximate surface area is 140 Å². The quantitative estimate of drug-likeness (QED) is 0.822. The molecule has 0 heterocycles. The Morgan fingerprint density at radius 2 is 1.68 bits per heavy atom. The van der Waals surface area contributed by atoms with Gasteiger partial charge in [-0.3, -0.25) is 4.79 Å². The van der Waals surface area contributed by atoms with Gasteiger partial charge in [-0.25, -0.2) is 0 Å². The molecule has 0 unspecified atom stereocenters. The third-order valence-electron chi connectivity index (χ3n) is 3.31. The summed E-state index contributed by atoms with van der Waals surface area (Å²) in [5, 5.41) is 6.11. The topological polar surface area (TPSA) is 41.1 Å². The number of amides is 1. The van der Waals surface area contributed by atoms with Gasteiger partial charge >= 0.3 is 0 Å². The monoisotopic (exact) mass is 360 g/mol. The number of benzene rings is 2. The summed E-state index contributed by atoms with van der Waals surface area (Å²) in [5.74, 6) is -0.0559. The molecule has 2 N–H and O–H groups in total. The van der Waals surface area contributed by atoms with E-state index in [2.05, 4.69) is 53.4 Å². The molecule has 0 atom stereocenters. The summed E-state index contributed by atoms with van der Waals surface area (Å²) in [7, 11) is 0.